The SMILES string of the molecule is COC(=O)c1ccc2c(C(=Nc3ccc(N(CCN(C)C)C(C)=O)cc3)c3ccc4ncsc4c3)c(O)[nH]c2c1. The fourth-order valence-corrected chi connectivity index (χ4v) is 5.26. The Hall–Kier alpha value is -4.54. The molecule has 204 valence electrons. The lowest BCUT2D eigenvalue weighted by Gasteiger charge is -2.23. The van der Waals surface area contributed by atoms with Crippen molar-refractivity contribution < 1.29 is 19.4 Å². The molecule has 0 saturated heterocycles. The zero-order valence-corrected chi connectivity index (χ0v) is 23.5. The van der Waals surface area contributed by atoms with E-state index in [9.17, 15) is 14.7 Å². The Morgan fingerprint density at radius 2 is 1.77 bits per heavy atom. The van der Waals surface area contributed by atoms with Gasteiger partial charge in [-0.15, -0.1) is 11.3 Å². The number of rotatable bonds is 8. The zero-order valence-electron chi connectivity index (χ0n) is 22.6. The molecular formula is C30H29N5O4S. The van der Waals surface area contributed by atoms with Gasteiger partial charge in [0.15, 0.2) is 5.88 Å². The van der Waals surface area contributed by atoms with E-state index >= 15 is 0 Å². The normalized spacial score (nSPS) is 11.9. The molecule has 9 nitrogen and oxygen atoms in total. The maximum absolute atomic E-state index is 12.3. The van der Waals surface area contributed by atoms with Crippen molar-refractivity contribution in [2.45, 2.75) is 6.92 Å². The molecule has 5 aromatic rings. The van der Waals surface area contributed by atoms with Gasteiger partial charge in [-0.2, -0.15) is 0 Å². The molecule has 0 unspecified atom stereocenters. The van der Waals surface area contributed by atoms with E-state index in [1.54, 1.807) is 35.5 Å². The van der Waals surface area contributed by atoms with Crippen LogP contribution >= 0.6 is 11.3 Å². The van der Waals surface area contributed by atoms with Crippen LogP contribution in [-0.2, 0) is 9.53 Å². The molecule has 3 aromatic carbocycles. The van der Waals surface area contributed by atoms with Crippen molar-refractivity contribution in [1.29, 1.82) is 0 Å². The van der Waals surface area contributed by atoms with Gasteiger partial charge in [-0.05, 0) is 62.6 Å². The number of carbonyl (C=O) groups excluding carboxylic acids is 2. The molecular weight excluding hydrogens is 526 g/mol. The molecule has 2 aromatic heterocycles. The third kappa shape index (κ3) is 5.45. The Balaban J connectivity index is 1.62. The molecule has 10 heteroatoms. The molecule has 1 amide bonds. The third-order valence-electron chi connectivity index (χ3n) is 6.59. The number of likely N-dealkylation sites (N-methyl/N-ethyl adjacent to an activating group) is 1. The number of aliphatic imine (C=N–C) groups is 1. The van der Waals surface area contributed by atoms with Gasteiger partial charge in [-0.25, -0.2) is 14.8 Å². The first-order chi connectivity index (χ1) is 19.2. The summed E-state index contributed by atoms with van der Waals surface area (Å²) in [4.78, 5) is 40.5. The summed E-state index contributed by atoms with van der Waals surface area (Å²) in [6.07, 6.45) is 0. The van der Waals surface area contributed by atoms with Crippen molar-refractivity contribution in [3.63, 3.8) is 0 Å². The van der Waals surface area contributed by atoms with E-state index in [1.807, 2.05) is 61.5 Å². The Labute approximate surface area is 235 Å². The number of esters is 1. The molecule has 2 heterocycles. The summed E-state index contributed by atoms with van der Waals surface area (Å²) in [5, 5.41) is 11.8. The molecule has 0 spiro atoms. The zero-order chi connectivity index (χ0) is 28.4. The van der Waals surface area contributed by atoms with Gasteiger partial charge in [-0.1, -0.05) is 12.1 Å². The van der Waals surface area contributed by atoms with Gasteiger partial charge in [0.05, 0.1) is 45.4 Å². The van der Waals surface area contributed by atoms with Crippen molar-refractivity contribution in [1.82, 2.24) is 14.9 Å². The van der Waals surface area contributed by atoms with Crippen molar-refractivity contribution in [3.05, 3.63) is 82.9 Å². The van der Waals surface area contributed by atoms with Crippen LogP contribution in [0.15, 0.2) is 71.2 Å². The molecule has 40 heavy (non-hydrogen) atoms. The van der Waals surface area contributed by atoms with E-state index < -0.39 is 5.97 Å². The van der Waals surface area contributed by atoms with Crippen LogP contribution in [0.2, 0.25) is 0 Å². The highest BCUT2D eigenvalue weighted by Gasteiger charge is 2.21. The third-order valence-corrected chi connectivity index (χ3v) is 7.39. The summed E-state index contributed by atoms with van der Waals surface area (Å²) < 4.78 is 5.84. The molecule has 2 N–H and O–H groups in total. The molecule has 0 fully saturated rings. The predicted molar refractivity (Wildman–Crippen MR) is 159 cm³/mol. The van der Waals surface area contributed by atoms with Crippen LogP contribution in [0.3, 0.4) is 0 Å². The molecule has 0 bridgehead atoms. The number of aromatic nitrogens is 2. The van der Waals surface area contributed by atoms with Crippen LogP contribution in [0.25, 0.3) is 21.1 Å². The Morgan fingerprint density at radius 3 is 2.48 bits per heavy atom. The number of aromatic amines is 1. The van der Waals surface area contributed by atoms with Crippen molar-refractivity contribution in [2.75, 3.05) is 39.2 Å². The number of thiazole rings is 1. The fourth-order valence-electron chi connectivity index (χ4n) is 4.54. The highest BCUT2D eigenvalue weighted by molar-refractivity contribution is 7.16. The largest absolute Gasteiger partial charge is 0.494 e. The number of aromatic hydroxyl groups is 1. The van der Waals surface area contributed by atoms with Gasteiger partial charge >= 0.3 is 5.97 Å². The fraction of sp³-hybridized carbons (Fsp3) is 0.200. The van der Waals surface area contributed by atoms with E-state index in [0.717, 1.165) is 28.0 Å². The topological polar surface area (TPSA) is 111 Å². The minimum atomic E-state index is -0.465. The number of amides is 1. The van der Waals surface area contributed by atoms with E-state index in [4.69, 9.17) is 9.73 Å². The molecule has 0 aliphatic rings. The first-order valence-corrected chi connectivity index (χ1v) is 13.5. The monoisotopic (exact) mass is 555 g/mol. The average molecular weight is 556 g/mol. The average Bonchev–Trinajstić information content (AvgIpc) is 3.54. The molecule has 0 saturated carbocycles. The van der Waals surface area contributed by atoms with Crippen LogP contribution in [0.4, 0.5) is 11.4 Å². The van der Waals surface area contributed by atoms with Crippen LogP contribution < -0.4 is 4.90 Å². The summed E-state index contributed by atoms with van der Waals surface area (Å²) in [6.45, 7) is 2.86. The molecule has 5 rings (SSSR count). The van der Waals surface area contributed by atoms with Crippen LogP contribution in [0, 0.1) is 0 Å². The number of methoxy groups -OCH3 is 1. The number of H-pyrrole nitrogens is 1. The predicted octanol–water partition coefficient (Wildman–Crippen LogP) is 5.35. The van der Waals surface area contributed by atoms with Gasteiger partial charge in [0, 0.05) is 42.2 Å². The van der Waals surface area contributed by atoms with Gasteiger partial charge < -0.3 is 24.6 Å². The summed E-state index contributed by atoms with van der Waals surface area (Å²) in [5.41, 5.74) is 6.91. The second kappa shape index (κ2) is 11.3. The Morgan fingerprint density at radius 1 is 1.02 bits per heavy atom. The van der Waals surface area contributed by atoms with Crippen molar-refractivity contribution in [3.8, 4) is 5.88 Å². The van der Waals surface area contributed by atoms with Crippen molar-refractivity contribution >= 4 is 61.4 Å². The molecule has 0 atom stereocenters. The highest BCUT2D eigenvalue weighted by atomic mass is 32.1. The number of hydrogen-bond donors (Lipinski definition) is 2. The van der Waals surface area contributed by atoms with Crippen molar-refractivity contribution in [2.24, 2.45) is 4.99 Å². The first kappa shape index (κ1) is 27.0. The number of nitrogens with zero attached hydrogens (tertiary/aromatic N) is 4. The smallest absolute Gasteiger partial charge is 0.337 e. The van der Waals surface area contributed by atoms with E-state index in [1.165, 1.54) is 18.4 Å². The lowest BCUT2D eigenvalue weighted by molar-refractivity contribution is -0.116. The van der Waals surface area contributed by atoms with Crippen LogP contribution in [-0.4, -0.2) is 71.9 Å². The first-order valence-electron chi connectivity index (χ1n) is 12.6. The Kier molecular flexibility index (Phi) is 7.63. The van der Waals surface area contributed by atoms with Gasteiger partial charge in [0.25, 0.3) is 0 Å². The van der Waals surface area contributed by atoms with Crippen LogP contribution in [0.5, 0.6) is 5.88 Å². The van der Waals surface area contributed by atoms with E-state index in [-0.39, 0.29) is 11.8 Å². The molecule has 0 radical (unpaired) electrons. The minimum absolute atomic E-state index is 0.0355. The van der Waals surface area contributed by atoms with Gasteiger partial charge in [0.2, 0.25) is 5.91 Å². The second-order valence-electron chi connectivity index (χ2n) is 9.59. The number of hydrogen-bond acceptors (Lipinski definition) is 8. The lowest BCUT2D eigenvalue weighted by Crippen LogP contribution is -2.35. The minimum Gasteiger partial charge on any atom is -0.494 e. The van der Waals surface area contributed by atoms with Gasteiger partial charge in [-0.3, -0.25) is 4.79 Å². The lowest BCUT2D eigenvalue weighted by atomic mass is 10.00. The van der Waals surface area contributed by atoms with Gasteiger partial charge in [0.1, 0.15) is 0 Å². The number of nitrogens with one attached hydrogen (secondary N) is 1. The standard InChI is InChI=1S/C30H29N5O4S/c1-18(36)35(14-13-34(2)3)22-9-7-21(8-10-22)32-28(19-6-12-24-26(16-19)40-17-31-24)27-23-11-5-20(30(38)39-4)15-25(23)33-29(27)37/h5-12,15-17,33,37H,13-14H2,1-4H3. The van der Waals surface area contributed by atoms with E-state index in [2.05, 4.69) is 9.97 Å². The number of benzene rings is 3. The highest BCUT2D eigenvalue weighted by Crippen LogP contribution is 2.33. The Bertz CT molecular complexity index is 1740. The number of fused-ring (bicyclic) bond motifs is 2. The quantitative estimate of drug-likeness (QED) is 0.197. The maximum Gasteiger partial charge on any atom is 0.337 e. The number of carbonyl (C=O) groups is 2. The maximum atomic E-state index is 12.3. The number of anilines is 1. The van der Waals surface area contributed by atoms with Crippen LogP contribution in [0.1, 0.15) is 28.4 Å². The molecule has 0 aliphatic heterocycles. The van der Waals surface area contributed by atoms with E-state index in [0.29, 0.717) is 40.0 Å². The number of ether oxygens (including phenoxy) is 1. The summed E-state index contributed by atoms with van der Waals surface area (Å²) in [5.74, 6) is -0.567. The second-order valence-corrected chi connectivity index (χ2v) is 10.5. The summed E-state index contributed by atoms with van der Waals surface area (Å²) >= 11 is 1.52. The summed E-state index contributed by atoms with van der Waals surface area (Å²) in [6, 6.07) is 18.4. The summed E-state index contributed by atoms with van der Waals surface area (Å²) in [7, 11) is 5.27. The molecule has 0 aliphatic carbocycles.